The number of rotatable bonds is 3. The van der Waals surface area contributed by atoms with E-state index in [1.54, 1.807) is 12.1 Å². The summed E-state index contributed by atoms with van der Waals surface area (Å²) in [7, 11) is 0. The standard InChI is InChI=1S/C10H15N3O/c1-3-4-10(14)13-8-5-6-9(11)12-7(8)2/h5-6H,3-4H2,1-2H3,(H2,11,12)(H,13,14). The maximum atomic E-state index is 11.3. The molecule has 4 heteroatoms. The molecule has 1 amide bonds. The molecule has 0 aliphatic heterocycles. The van der Waals surface area contributed by atoms with Gasteiger partial charge in [0, 0.05) is 6.42 Å². The Morgan fingerprint density at radius 1 is 1.57 bits per heavy atom. The third-order valence-corrected chi connectivity index (χ3v) is 1.86. The van der Waals surface area contributed by atoms with Gasteiger partial charge in [0.15, 0.2) is 0 Å². The predicted octanol–water partition coefficient (Wildman–Crippen LogP) is 1.71. The minimum atomic E-state index is 0.0159. The lowest BCUT2D eigenvalue weighted by molar-refractivity contribution is -0.116. The Hall–Kier alpha value is -1.58. The third-order valence-electron chi connectivity index (χ3n) is 1.86. The summed E-state index contributed by atoms with van der Waals surface area (Å²) in [5.74, 6) is 0.484. The zero-order chi connectivity index (χ0) is 10.6. The molecule has 0 aliphatic carbocycles. The van der Waals surface area contributed by atoms with Crippen molar-refractivity contribution in [1.29, 1.82) is 0 Å². The lowest BCUT2D eigenvalue weighted by atomic mass is 10.2. The van der Waals surface area contributed by atoms with Crippen LogP contribution in [0.3, 0.4) is 0 Å². The Morgan fingerprint density at radius 2 is 2.29 bits per heavy atom. The van der Waals surface area contributed by atoms with E-state index in [1.807, 2.05) is 13.8 Å². The smallest absolute Gasteiger partial charge is 0.224 e. The summed E-state index contributed by atoms with van der Waals surface area (Å²) in [6.45, 7) is 3.78. The molecule has 0 atom stereocenters. The van der Waals surface area contributed by atoms with Gasteiger partial charge in [-0.1, -0.05) is 6.92 Å². The fourth-order valence-electron chi connectivity index (χ4n) is 1.15. The normalized spacial score (nSPS) is 9.86. The summed E-state index contributed by atoms with van der Waals surface area (Å²) in [5.41, 5.74) is 6.97. The van der Waals surface area contributed by atoms with Gasteiger partial charge in [-0.2, -0.15) is 0 Å². The molecular formula is C10H15N3O. The number of pyridine rings is 1. The minimum absolute atomic E-state index is 0.0159. The van der Waals surface area contributed by atoms with Crippen LogP contribution in [0.2, 0.25) is 0 Å². The average molecular weight is 193 g/mol. The molecule has 0 saturated heterocycles. The molecule has 1 aromatic heterocycles. The van der Waals surface area contributed by atoms with Gasteiger partial charge < -0.3 is 11.1 Å². The van der Waals surface area contributed by atoms with E-state index in [4.69, 9.17) is 5.73 Å². The Balaban J connectivity index is 2.72. The average Bonchev–Trinajstić information content (AvgIpc) is 2.10. The first-order valence-corrected chi connectivity index (χ1v) is 4.66. The summed E-state index contributed by atoms with van der Waals surface area (Å²) in [4.78, 5) is 15.3. The maximum absolute atomic E-state index is 11.3. The van der Waals surface area contributed by atoms with Crippen molar-refractivity contribution in [2.24, 2.45) is 0 Å². The number of nitrogens with zero attached hydrogens (tertiary/aromatic N) is 1. The quantitative estimate of drug-likeness (QED) is 0.767. The highest BCUT2D eigenvalue weighted by atomic mass is 16.1. The first-order valence-electron chi connectivity index (χ1n) is 4.66. The molecule has 0 radical (unpaired) electrons. The van der Waals surface area contributed by atoms with Gasteiger partial charge in [0.25, 0.3) is 0 Å². The summed E-state index contributed by atoms with van der Waals surface area (Å²) in [5, 5.41) is 2.78. The molecule has 3 N–H and O–H groups in total. The van der Waals surface area contributed by atoms with Crippen molar-refractivity contribution >= 4 is 17.4 Å². The van der Waals surface area contributed by atoms with E-state index in [0.717, 1.165) is 17.8 Å². The molecule has 1 aromatic rings. The van der Waals surface area contributed by atoms with Gasteiger partial charge in [-0.15, -0.1) is 0 Å². The van der Waals surface area contributed by atoms with Gasteiger partial charge >= 0.3 is 0 Å². The van der Waals surface area contributed by atoms with Crippen LogP contribution in [-0.2, 0) is 4.79 Å². The first kappa shape index (κ1) is 10.5. The van der Waals surface area contributed by atoms with Crippen LogP contribution in [0, 0.1) is 6.92 Å². The van der Waals surface area contributed by atoms with Crippen LogP contribution < -0.4 is 11.1 Å². The van der Waals surface area contributed by atoms with Crippen molar-refractivity contribution < 1.29 is 4.79 Å². The number of nitrogens with two attached hydrogens (primary N) is 1. The number of aryl methyl sites for hydroxylation is 1. The molecule has 0 bridgehead atoms. The minimum Gasteiger partial charge on any atom is -0.384 e. The molecule has 76 valence electrons. The second-order valence-electron chi connectivity index (χ2n) is 3.17. The number of carbonyl (C=O) groups is 1. The van der Waals surface area contributed by atoms with Gasteiger partial charge in [0.1, 0.15) is 5.82 Å². The van der Waals surface area contributed by atoms with Crippen LogP contribution in [0.25, 0.3) is 0 Å². The van der Waals surface area contributed by atoms with E-state index in [0.29, 0.717) is 12.2 Å². The molecule has 0 aliphatic rings. The number of amides is 1. The number of hydrogen-bond acceptors (Lipinski definition) is 3. The van der Waals surface area contributed by atoms with Gasteiger partial charge in [-0.25, -0.2) is 4.98 Å². The van der Waals surface area contributed by atoms with E-state index in [1.165, 1.54) is 0 Å². The molecule has 1 heterocycles. The predicted molar refractivity (Wildman–Crippen MR) is 56.9 cm³/mol. The highest BCUT2D eigenvalue weighted by molar-refractivity contribution is 5.91. The molecule has 4 nitrogen and oxygen atoms in total. The Kier molecular flexibility index (Phi) is 3.45. The second-order valence-corrected chi connectivity index (χ2v) is 3.17. The highest BCUT2D eigenvalue weighted by Gasteiger charge is 2.04. The molecule has 0 aromatic carbocycles. The van der Waals surface area contributed by atoms with Crippen LogP contribution in [-0.4, -0.2) is 10.9 Å². The molecular weight excluding hydrogens is 178 g/mol. The van der Waals surface area contributed by atoms with Gasteiger partial charge in [-0.3, -0.25) is 4.79 Å². The van der Waals surface area contributed by atoms with Crippen LogP contribution in [0.4, 0.5) is 11.5 Å². The molecule has 0 saturated carbocycles. The van der Waals surface area contributed by atoms with Crippen LogP contribution in [0.1, 0.15) is 25.5 Å². The lowest BCUT2D eigenvalue weighted by Crippen LogP contribution is -2.12. The van der Waals surface area contributed by atoms with E-state index in [-0.39, 0.29) is 5.91 Å². The monoisotopic (exact) mass is 193 g/mol. The van der Waals surface area contributed by atoms with Crippen LogP contribution in [0.5, 0.6) is 0 Å². The summed E-state index contributed by atoms with van der Waals surface area (Å²) >= 11 is 0. The Bertz CT molecular complexity index is 336. The molecule has 1 rings (SSSR count). The Morgan fingerprint density at radius 3 is 2.86 bits per heavy atom. The summed E-state index contributed by atoms with van der Waals surface area (Å²) < 4.78 is 0. The van der Waals surface area contributed by atoms with Crippen molar-refractivity contribution in [3.8, 4) is 0 Å². The number of aromatic nitrogens is 1. The summed E-state index contributed by atoms with van der Waals surface area (Å²) in [6.07, 6.45) is 1.37. The maximum Gasteiger partial charge on any atom is 0.224 e. The number of anilines is 2. The topological polar surface area (TPSA) is 68.0 Å². The number of hydrogen-bond donors (Lipinski definition) is 2. The highest BCUT2D eigenvalue weighted by Crippen LogP contribution is 2.14. The fraction of sp³-hybridized carbons (Fsp3) is 0.400. The lowest BCUT2D eigenvalue weighted by Gasteiger charge is -2.07. The van der Waals surface area contributed by atoms with E-state index in [9.17, 15) is 4.79 Å². The molecule has 0 fully saturated rings. The molecule has 0 unspecified atom stereocenters. The van der Waals surface area contributed by atoms with Crippen molar-refractivity contribution in [3.05, 3.63) is 17.8 Å². The van der Waals surface area contributed by atoms with Crippen molar-refractivity contribution in [2.45, 2.75) is 26.7 Å². The number of nitrogens with one attached hydrogen (secondary N) is 1. The second kappa shape index (κ2) is 4.60. The third kappa shape index (κ3) is 2.73. The number of carbonyl (C=O) groups excluding carboxylic acids is 1. The summed E-state index contributed by atoms with van der Waals surface area (Å²) in [6, 6.07) is 3.44. The molecule has 0 spiro atoms. The van der Waals surface area contributed by atoms with Crippen molar-refractivity contribution in [1.82, 2.24) is 4.98 Å². The largest absolute Gasteiger partial charge is 0.384 e. The Labute approximate surface area is 83.5 Å². The first-order chi connectivity index (χ1) is 6.63. The van der Waals surface area contributed by atoms with E-state index >= 15 is 0 Å². The van der Waals surface area contributed by atoms with Crippen LogP contribution in [0.15, 0.2) is 12.1 Å². The zero-order valence-electron chi connectivity index (χ0n) is 8.50. The van der Waals surface area contributed by atoms with Gasteiger partial charge in [0.2, 0.25) is 5.91 Å². The van der Waals surface area contributed by atoms with E-state index < -0.39 is 0 Å². The van der Waals surface area contributed by atoms with Gasteiger partial charge in [-0.05, 0) is 25.5 Å². The zero-order valence-corrected chi connectivity index (χ0v) is 8.50. The SMILES string of the molecule is CCCC(=O)Nc1ccc(N)nc1C. The van der Waals surface area contributed by atoms with Crippen LogP contribution >= 0.6 is 0 Å². The van der Waals surface area contributed by atoms with Crippen molar-refractivity contribution in [3.63, 3.8) is 0 Å². The van der Waals surface area contributed by atoms with E-state index in [2.05, 4.69) is 10.3 Å². The molecule has 14 heavy (non-hydrogen) atoms. The van der Waals surface area contributed by atoms with Crippen molar-refractivity contribution in [2.75, 3.05) is 11.1 Å². The van der Waals surface area contributed by atoms with Gasteiger partial charge in [0.05, 0.1) is 11.4 Å². The fourth-order valence-corrected chi connectivity index (χ4v) is 1.15. The number of nitrogen functional groups attached to an aromatic ring is 1.